The van der Waals surface area contributed by atoms with E-state index in [0.29, 0.717) is 17.2 Å². The lowest BCUT2D eigenvalue weighted by Gasteiger charge is -2.07. The van der Waals surface area contributed by atoms with Gasteiger partial charge in [0.05, 0.1) is 13.5 Å². The molecule has 132 valence electrons. The van der Waals surface area contributed by atoms with E-state index >= 15 is 0 Å². The predicted molar refractivity (Wildman–Crippen MR) is 100 cm³/mol. The smallest absolute Gasteiger partial charge is 0.251 e. The molecule has 6 nitrogen and oxygen atoms in total. The number of hydrogen-bond donors (Lipinski definition) is 2. The average Bonchev–Trinajstić information content (AvgIpc) is 2.62. The first kappa shape index (κ1) is 17.4. The van der Waals surface area contributed by atoms with Crippen molar-refractivity contribution in [3.63, 3.8) is 0 Å². The largest absolute Gasteiger partial charge is 0.497 e. The van der Waals surface area contributed by atoms with Crippen LogP contribution in [-0.4, -0.2) is 23.0 Å². The first-order valence-corrected chi connectivity index (χ1v) is 8.15. The summed E-state index contributed by atoms with van der Waals surface area (Å²) in [6, 6.07) is 16.0. The van der Waals surface area contributed by atoms with Crippen molar-refractivity contribution in [3.05, 3.63) is 76.2 Å². The lowest BCUT2D eigenvalue weighted by atomic mass is 10.1. The highest BCUT2D eigenvalue weighted by Crippen LogP contribution is 2.18. The number of aromatic nitrogens is 2. The maximum absolute atomic E-state index is 12.2. The summed E-state index contributed by atoms with van der Waals surface area (Å²) in [4.78, 5) is 30.7. The second kappa shape index (κ2) is 7.65. The molecule has 0 aliphatic carbocycles. The Kier molecular flexibility index (Phi) is 5.12. The van der Waals surface area contributed by atoms with Crippen LogP contribution < -0.4 is 15.6 Å². The molecule has 0 bridgehead atoms. The normalized spacial score (nSPS) is 10.4. The van der Waals surface area contributed by atoms with E-state index in [-0.39, 0.29) is 17.9 Å². The fourth-order valence-electron chi connectivity index (χ4n) is 2.56. The molecule has 0 unspecified atom stereocenters. The number of benzene rings is 2. The predicted octanol–water partition coefficient (Wildman–Crippen LogP) is 2.94. The van der Waals surface area contributed by atoms with E-state index in [1.165, 1.54) is 6.07 Å². The molecule has 1 amide bonds. The van der Waals surface area contributed by atoms with E-state index in [0.717, 1.165) is 16.9 Å². The van der Waals surface area contributed by atoms with E-state index in [1.807, 2.05) is 24.3 Å². The summed E-state index contributed by atoms with van der Waals surface area (Å²) in [5.41, 5.74) is 2.83. The number of rotatable bonds is 5. The van der Waals surface area contributed by atoms with Gasteiger partial charge in [-0.2, -0.15) is 0 Å². The van der Waals surface area contributed by atoms with E-state index in [4.69, 9.17) is 4.74 Å². The maximum atomic E-state index is 12.2. The minimum atomic E-state index is -0.190. The fourth-order valence-corrected chi connectivity index (χ4v) is 2.56. The Labute approximate surface area is 150 Å². The summed E-state index contributed by atoms with van der Waals surface area (Å²) in [7, 11) is 1.60. The highest BCUT2D eigenvalue weighted by molar-refractivity contribution is 5.92. The molecule has 1 aromatic heterocycles. The number of aromatic amines is 1. The number of ether oxygens (including phenoxy) is 1. The summed E-state index contributed by atoms with van der Waals surface area (Å²) in [5.74, 6) is 1.16. The molecular weight excluding hydrogens is 330 g/mol. The molecule has 3 rings (SSSR count). The number of aryl methyl sites for hydroxylation is 1. The topological polar surface area (TPSA) is 84.1 Å². The Hall–Kier alpha value is -3.41. The third kappa shape index (κ3) is 4.36. The average molecular weight is 349 g/mol. The molecule has 0 radical (unpaired) electrons. The monoisotopic (exact) mass is 349 g/mol. The molecule has 26 heavy (non-hydrogen) atoms. The van der Waals surface area contributed by atoms with Crippen LogP contribution in [0.15, 0.2) is 59.4 Å². The summed E-state index contributed by atoms with van der Waals surface area (Å²) in [5, 5.41) is 2.86. The third-order valence-corrected chi connectivity index (χ3v) is 3.84. The van der Waals surface area contributed by atoms with Crippen molar-refractivity contribution in [2.45, 2.75) is 13.3 Å². The minimum absolute atomic E-state index is 0.106. The van der Waals surface area contributed by atoms with Crippen molar-refractivity contribution < 1.29 is 9.53 Å². The SMILES string of the molecule is COc1ccc(CC(=O)Nc2ccc(-c3nc(C)cc(=O)[nH]3)cc2)cc1. The second-order valence-electron chi connectivity index (χ2n) is 5.89. The van der Waals surface area contributed by atoms with Gasteiger partial charge in [-0.15, -0.1) is 0 Å². The van der Waals surface area contributed by atoms with Gasteiger partial charge in [0.25, 0.3) is 5.56 Å². The molecule has 0 aliphatic heterocycles. The number of hydrogen-bond acceptors (Lipinski definition) is 4. The zero-order valence-electron chi connectivity index (χ0n) is 14.6. The lowest BCUT2D eigenvalue weighted by molar-refractivity contribution is -0.115. The number of amides is 1. The standard InChI is InChI=1S/C20H19N3O3/c1-13-11-18(24)23-20(21-13)15-5-7-16(8-6-15)22-19(25)12-14-3-9-17(26-2)10-4-14/h3-11H,12H2,1-2H3,(H,22,25)(H,21,23,24). The first-order chi connectivity index (χ1) is 12.5. The molecule has 3 aromatic rings. The number of carbonyl (C=O) groups is 1. The molecule has 0 spiro atoms. The van der Waals surface area contributed by atoms with Gasteiger partial charge < -0.3 is 15.0 Å². The van der Waals surface area contributed by atoms with E-state index in [2.05, 4.69) is 15.3 Å². The van der Waals surface area contributed by atoms with Gasteiger partial charge in [0, 0.05) is 23.0 Å². The van der Waals surface area contributed by atoms with Crippen LogP contribution in [0.4, 0.5) is 5.69 Å². The molecule has 6 heteroatoms. The van der Waals surface area contributed by atoms with Crippen LogP contribution in [-0.2, 0) is 11.2 Å². The van der Waals surface area contributed by atoms with Crippen LogP contribution >= 0.6 is 0 Å². The lowest BCUT2D eigenvalue weighted by Crippen LogP contribution is -2.14. The summed E-state index contributed by atoms with van der Waals surface area (Å²) in [6.45, 7) is 1.77. The number of carbonyl (C=O) groups excluding carboxylic acids is 1. The zero-order valence-corrected chi connectivity index (χ0v) is 14.6. The first-order valence-electron chi connectivity index (χ1n) is 8.15. The minimum Gasteiger partial charge on any atom is -0.497 e. The number of nitrogens with one attached hydrogen (secondary N) is 2. The Balaban J connectivity index is 1.66. The summed E-state index contributed by atoms with van der Waals surface area (Å²) >= 11 is 0. The van der Waals surface area contributed by atoms with Crippen molar-refractivity contribution in [1.82, 2.24) is 9.97 Å². The van der Waals surface area contributed by atoms with Gasteiger partial charge >= 0.3 is 0 Å². The van der Waals surface area contributed by atoms with Crippen molar-refractivity contribution >= 4 is 11.6 Å². The number of methoxy groups -OCH3 is 1. The van der Waals surface area contributed by atoms with Crippen LogP contribution in [0.25, 0.3) is 11.4 Å². The number of H-pyrrole nitrogens is 1. The van der Waals surface area contributed by atoms with Gasteiger partial charge in [-0.05, 0) is 48.9 Å². The second-order valence-corrected chi connectivity index (χ2v) is 5.89. The van der Waals surface area contributed by atoms with Crippen molar-refractivity contribution in [2.75, 3.05) is 12.4 Å². The molecule has 0 saturated carbocycles. The Morgan fingerprint density at radius 3 is 2.42 bits per heavy atom. The Bertz CT molecular complexity index is 961. The highest BCUT2D eigenvalue weighted by Gasteiger charge is 2.06. The number of anilines is 1. The van der Waals surface area contributed by atoms with Gasteiger partial charge in [0.2, 0.25) is 5.91 Å². The molecule has 0 aliphatic rings. The highest BCUT2D eigenvalue weighted by atomic mass is 16.5. The van der Waals surface area contributed by atoms with Crippen molar-refractivity contribution in [2.24, 2.45) is 0 Å². The Morgan fingerprint density at radius 2 is 1.81 bits per heavy atom. The third-order valence-electron chi connectivity index (χ3n) is 3.84. The zero-order chi connectivity index (χ0) is 18.5. The maximum Gasteiger partial charge on any atom is 0.251 e. The molecule has 1 heterocycles. The van der Waals surface area contributed by atoms with Gasteiger partial charge in [-0.25, -0.2) is 4.98 Å². The Morgan fingerprint density at radius 1 is 1.12 bits per heavy atom. The van der Waals surface area contributed by atoms with Crippen molar-refractivity contribution in [3.8, 4) is 17.1 Å². The summed E-state index contributed by atoms with van der Waals surface area (Å²) < 4.78 is 5.10. The van der Waals surface area contributed by atoms with Gasteiger partial charge in [-0.3, -0.25) is 9.59 Å². The van der Waals surface area contributed by atoms with Crippen LogP contribution in [0.1, 0.15) is 11.3 Å². The van der Waals surface area contributed by atoms with E-state index < -0.39 is 0 Å². The molecule has 0 atom stereocenters. The van der Waals surface area contributed by atoms with Crippen LogP contribution in [0, 0.1) is 6.92 Å². The molecule has 2 N–H and O–H groups in total. The van der Waals surface area contributed by atoms with Gasteiger partial charge in [-0.1, -0.05) is 12.1 Å². The molecule has 0 saturated heterocycles. The van der Waals surface area contributed by atoms with E-state index in [1.54, 1.807) is 38.3 Å². The molecule has 0 fully saturated rings. The quantitative estimate of drug-likeness (QED) is 0.742. The summed E-state index contributed by atoms with van der Waals surface area (Å²) in [6.07, 6.45) is 0.276. The number of nitrogens with zero attached hydrogens (tertiary/aromatic N) is 1. The van der Waals surface area contributed by atoms with Crippen LogP contribution in [0.5, 0.6) is 5.75 Å². The molecule has 2 aromatic carbocycles. The van der Waals surface area contributed by atoms with Crippen LogP contribution in [0.2, 0.25) is 0 Å². The van der Waals surface area contributed by atoms with Crippen molar-refractivity contribution in [1.29, 1.82) is 0 Å². The van der Waals surface area contributed by atoms with Gasteiger partial charge in [0.15, 0.2) is 0 Å². The van der Waals surface area contributed by atoms with Crippen LogP contribution in [0.3, 0.4) is 0 Å². The van der Waals surface area contributed by atoms with E-state index in [9.17, 15) is 9.59 Å². The molecular formula is C20H19N3O3. The fraction of sp³-hybridized carbons (Fsp3) is 0.150. The van der Waals surface area contributed by atoms with Gasteiger partial charge in [0.1, 0.15) is 11.6 Å².